The summed E-state index contributed by atoms with van der Waals surface area (Å²) in [5.41, 5.74) is 6.21. The van der Waals surface area contributed by atoms with Crippen LogP contribution in [0.5, 0.6) is 5.75 Å². The van der Waals surface area contributed by atoms with Crippen LogP contribution >= 0.6 is 12.2 Å². The van der Waals surface area contributed by atoms with Crippen molar-refractivity contribution in [2.75, 3.05) is 19.8 Å². The predicted octanol–water partition coefficient (Wildman–Crippen LogP) is 3.06. The Morgan fingerprint density at radius 2 is 1.75 bits per heavy atom. The third kappa shape index (κ3) is 7.30. The minimum atomic E-state index is -4.16. The van der Waals surface area contributed by atoms with Gasteiger partial charge in [-0.1, -0.05) is 12.2 Å². The molecule has 3 nitrogen and oxygen atoms in total. The van der Waals surface area contributed by atoms with E-state index in [1.807, 2.05) is 0 Å². The monoisotopic (exact) mass is 307 g/mol. The normalized spacial score (nSPS) is 11.3. The maximum absolute atomic E-state index is 11.8. The smallest absolute Gasteiger partial charge is 0.391 e. The van der Waals surface area contributed by atoms with Gasteiger partial charge in [0, 0.05) is 18.6 Å². The maximum Gasteiger partial charge on any atom is 0.391 e. The minimum absolute atomic E-state index is 0.237. The predicted molar refractivity (Wildman–Crippen MR) is 73.9 cm³/mol. The van der Waals surface area contributed by atoms with E-state index in [4.69, 9.17) is 27.4 Å². The second-order valence-corrected chi connectivity index (χ2v) is 4.51. The SMILES string of the molecule is NC(=S)c1ccc(OCCCOCCC(F)(F)F)cc1. The molecular formula is C13H16F3NO2S. The van der Waals surface area contributed by atoms with Crippen LogP contribution in [-0.2, 0) is 4.74 Å². The molecule has 0 fully saturated rings. The van der Waals surface area contributed by atoms with Gasteiger partial charge < -0.3 is 15.2 Å². The number of hydrogen-bond acceptors (Lipinski definition) is 3. The Hall–Kier alpha value is -1.34. The first-order valence-electron chi connectivity index (χ1n) is 6.05. The summed E-state index contributed by atoms with van der Waals surface area (Å²) in [7, 11) is 0. The highest BCUT2D eigenvalue weighted by atomic mass is 32.1. The summed E-state index contributed by atoms with van der Waals surface area (Å²) in [6.45, 7) is 0.297. The Bertz CT molecular complexity index is 421. The van der Waals surface area contributed by atoms with Gasteiger partial charge >= 0.3 is 6.18 Å². The largest absolute Gasteiger partial charge is 0.494 e. The van der Waals surface area contributed by atoms with Crippen LogP contribution in [0.25, 0.3) is 0 Å². The van der Waals surface area contributed by atoms with E-state index in [1.54, 1.807) is 24.3 Å². The second kappa shape index (κ2) is 8.06. The van der Waals surface area contributed by atoms with Crippen molar-refractivity contribution in [1.29, 1.82) is 0 Å². The van der Waals surface area contributed by atoms with Crippen LogP contribution in [0, 0.1) is 0 Å². The standard InChI is InChI=1S/C13H16F3NO2S/c14-13(15,16)6-9-18-7-1-8-19-11-4-2-10(3-5-11)12(17)20/h2-5H,1,6-9H2,(H2,17,20). The summed E-state index contributed by atoms with van der Waals surface area (Å²) >= 11 is 4.82. The summed E-state index contributed by atoms with van der Waals surface area (Å²) in [4.78, 5) is 0.314. The topological polar surface area (TPSA) is 44.5 Å². The van der Waals surface area contributed by atoms with Gasteiger partial charge in [0.2, 0.25) is 0 Å². The van der Waals surface area contributed by atoms with Crippen molar-refractivity contribution in [2.45, 2.75) is 19.0 Å². The van der Waals surface area contributed by atoms with Gasteiger partial charge in [-0.05, 0) is 24.3 Å². The molecule has 0 heterocycles. The highest BCUT2D eigenvalue weighted by molar-refractivity contribution is 7.80. The molecule has 0 spiro atoms. The molecule has 112 valence electrons. The van der Waals surface area contributed by atoms with Crippen LogP contribution in [-0.4, -0.2) is 31.0 Å². The quantitative estimate of drug-likeness (QED) is 0.592. The van der Waals surface area contributed by atoms with Crippen molar-refractivity contribution in [1.82, 2.24) is 0 Å². The fourth-order valence-corrected chi connectivity index (χ4v) is 1.49. The van der Waals surface area contributed by atoms with Crippen LogP contribution in [0.2, 0.25) is 0 Å². The molecule has 0 saturated heterocycles. The molecule has 0 bridgehead atoms. The number of ether oxygens (including phenoxy) is 2. The van der Waals surface area contributed by atoms with E-state index in [-0.39, 0.29) is 13.2 Å². The molecule has 0 atom stereocenters. The van der Waals surface area contributed by atoms with E-state index < -0.39 is 12.6 Å². The van der Waals surface area contributed by atoms with E-state index in [0.717, 1.165) is 5.56 Å². The van der Waals surface area contributed by atoms with Gasteiger partial charge in [-0.25, -0.2) is 0 Å². The third-order valence-electron chi connectivity index (χ3n) is 2.37. The van der Waals surface area contributed by atoms with Crippen molar-refractivity contribution in [3.63, 3.8) is 0 Å². The van der Waals surface area contributed by atoms with E-state index in [0.29, 0.717) is 23.8 Å². The zero-order valence-corrected chi connectivity index (χ0v) is 11.6. The number of thiocarbonyl (C=S) groups is 1. The van der Waals surface area contributed by atoms with Crippen LogP contribution in [0.3, 0.4) is 0 Å². The Morgan fingerprint density at radius 1 is 1.10 bits per heavy atom. The molecule has 2 N–H and O–H groups in total. The summed E-state index contributed by atoms with van der Waals surface area (Å²) in [6.07, 6.45) is -4.56. The van der Waals surface area contributed by atoms with Gasteiger partial charge in [-0.2, -0.15) is 13.2 Å². The van der Waals surface area contributed by atoms with Crippen molar-refractivity contribution < 1.29 is 22.6 Å². The van der Waals surface area contributed by atoms with Gasteiger partial charge in [0.05, 0.1) is 19.6 Å². The molecule has 0 amide bonds. The van der Waals surface area contributed by atoms with E-state index in [2.05, 4.69) is 0 Å². The number of halogens is 3. The highest BCUT2D eigenvalue weighted by Crippen LogP contribution is 2.19. The number of nitrogens with two attached hydrogens (primary N) is 1. The summed E-state index contributed by atoms with van der Waals surface area (Å²) < 4.78 is 45.7. The van der Waals surface area contributed by atoms with Crippen LogP contribution in [0.1, 0.15) is 18.4 Å². The van der Waals surface area contributed by atoms with E-state index in [1.165, 1.54) is 0 Å². The molecule has 1 aromatic carbocycles. The van der Waals surface area contributed by atoms with Crippen LogP contribution in [0.4, 0.5) is 13.2 Å². The lowest BCUT2D eigenvalue weighted by molar-refractivity contribution is -0.145. The lowest BCUT2D eigenvalue weighted by atomic mass is 10.2. The zero-order valence-electron chi connectivity index (χ0n) is 10.8. The first kappa shape index (κ1) is 16.7. The van der Waals surface area contributed by atoms with Crippen molar-refractivity contribution in [3.8, 4) is 5.75 Å². The fraction of sp³-hybridized carbons (Fsp3) is 0.462. The molecule has 1 rings (SSSR count). The van der Waals surface area contributed by atoms with Gasteiger partial charge in [0.25, 0.3) is 0 Å². The molecule has 0 saturated carbocycles. The molecule has 7 heteroatoms. The first-order valence-corrected chi connectivity index (χ1v) is 6.46. The number of rotatable bonds is 8. The zero-order chi connectivity index (χ0) is 15.0. The Morgan fingerprint density at radius 3 is 2.30 bits per heavy atom. The molecule has 0 aliphatic heterocycles. The minimum Gasteiger partial charge on any atom is -0.494 e. The van der Waals surface area contributed by atoms with Crippen LogP contribution < -0.4 is 10.5 Å². The summed E-state index contributed by atoms with van der Waals surface area (Å²) in [5.74, 6) is 0.653. The molecule has 0 unspecified atom stereocenters. The van der Waals surface area contributed by atoms with Crippen molar-refractivity contribution in [2.24, 2.45) is 5.73 Å². The molecular weight excluding hydrogens is 291 g/mol. The third-order valence-corrected chi connectivity index (χ3v) is 2.61. The summed E-state index contributed by atoms with van der Waals surface area (Å²) in [6, 6.07) is 6.97. The molecule has 1 aromatic rings. The number of alkyl halides is 3. The van der Waals surface area contributed by atoms with E-state index >= 15 is 0 Å². The second-order valence-electron chi connectivity index (χ2n) is 4.07. The lowest BCUT2D eigenvalue weighted by Gasteiger charge is -2.08. The highest BCUT2D eigenvalue weighted by Gasteiger charge is 2.26. The van der Waals surface area contributed by atoms with E-state index in [9.17, 15) is 13.2 Å². The molecule has 20 heavy (non-hydrogen) atoms. The Kier molecular flexibility index (Phi) is 6.74. The van der Waals surface area contributed by atoms with Crippen molar-refractivity contribution >= 4 is 17.2 Å². The average molecular weight is 307 g/mol. The lowest BCUT2D eigenvalue weighted by Crippen LogP contribution is -2.12. The molecule has 0 aliphatic rings. The van der Waals surface area contributed by atoms with Gasteiger partial charge in [-0.15, -0.1) is 0 Å². The average Bonchev–Trinajstić information content (AvgIpc) is 2.37. The Labute approximate surface area is 120 Å². The van der Waals surface area contributed by atoms with Crippen molar-refractivity contribution in [3.05, 3.63) is 29.8 Å². The Balaban J connectivity index is 2.11. The number of benzene rings is 1. The number of hydrogen-bond donors (Lipinski definition) is 1. The van der Waals surface area contributed by atoms with Gasteiger partial charge in [0.1, 0.15) is 10.7 Å². The molecule has 0 aliphatic carbocycles. The molecule has 0 aromatic heterocycles. The van der Waals surface area contributed by atoms with Crippen LogP contribution in [0.15, 0.2) is 24.3 Å². The molecule has 0 radical (unpaired) electrons. The maximum atomic E-state index is 11.8. The summed E-state index contributed by atoms with van der Waals surface area (Å²) in [5, 5.41) is 0. The first-order chi connectivity index (χ1) is 9.38. The van der Waals surface area contributed by atoms with Gasteiger partial charge in [0.15, 0.2) is 0 Å². The van der Waals surface area contributed by atoms with Gasteiger partial charge in [-0.3, -0.25) is 0 Å². The fourth-order valence-electron chi connectivity index (χ4n) is 1.36.